The number of hydrogen-bond acceptors (Lipinski definition) is 3. The second kappa shape index (κ2) is 5.80. The number of carboxylic acids is 1. The standard InChI is InChI=1S/C13H18O4/c1-8-6-4-5-7-11(8)12(13(15)16)17-10(3)9(2)14/h4-7,9-10,12,14H,1-3H3,(H,15,16). The van der Waals surface area contributed by atoms with Crippen molar-refractivity contribution in [3.63, 3.8) is 0 Å². The molecule has 94 valence electrons. The van der Waals surface area contributed by atoms with Gasteiger partial charge in [-0.15, -0.1) is 0 Å². The largest absolute Gasteiger partial charge is 0.479 e. The Hall–Kier alpha value is -1.39. The first-order valence-electron chi connectivity index (χ1n) is 5.55. The number of hydrogen-bond donors (Lipinski definition) is 2. The Balaban J connectivity index is 2.95. The third kappa shape index (κ3) is 3.54. The molecule has 0 heterocycles. The molecule has 0 saturated carbocycles. The highest BCUT2D eigenvalue weighted by atomic mass is 16.5. The summed E-state index contributed by atoms with van der Waals surface area (Å²) in [5, 5.41) is 18.5. The molecule has 1 aromatic carbocycles. The van der Waals surface area contributed by atoms with E-state index in [1.165, 1.54) is 0 Å². The van der Waals surface area contributed by atoms with Gasteiger partial charge >= 0.3 is 5.97 Å². The smallest absolute Gasteiger partial charge is 0.337 e. The van der Waals surface area contributed by atoms with Gasteiger partial charge in [-0.05, 0) is 31.9 Å². The predicted molar refractivity (Wildman–Crippen MR) is 63.8 cm³/mol. The summed E-state index contributed by atoms with van der Waals surface area (Å²) in [6.45, 7) is 5.06. The Kier molecular flexibility index (Phi) is 4.66. The number of carbonyl (C=O) groups is 1. The van der Waals surface area contributed by atoms with Crippen molar-refractivity contribution in [3.8, 4) is 0 Å². The molecule has 4 heteroatoms. The van der Waals surface area contributed by atoms with Crippen LogP contribution in [-0.4, -0.2) is 28.4 Å². The van der Waals surface area contributed by atoms with Crippen molar-refractivity contribution in [2.75, 3.05) is 0 Å². The summed E-state index contributed by atoms with van der Waals surface area (Å²) in [5.74, 6) is -1.05. The fourth-order valence-electron chi connectivity index (χ4n) is 1.47. The second-order valence-corrected chi connectivity index (χ2v) is 4.16. The minimum Gasteiger partial charge on any atom is -0.479 e. The van der Waals surface area contributed by atoms with Crippen molar-refractivity contribution in [3.05, 3.63) is 35.4 Å². The maximum Gasteiger partial charge on any atom is 0.337 e. The molecule has 17 heavy (non-hydrogen) atoms. The Morgan fingerprint density at radius 3 is 2.35 bits per heavy atom. The van der Waals surface area contributed by atoms with Gasteiger partial charge in [0.25, 0.3) is 0 Å². The third-order valence-corrected chi connectivity index (χ3v) is 2.73. The minimum absolute atomic E-state index is 0.532. The van der Waals surface area contributed by atoms with E-state index in [-0.39, 0.29) is 0 Å². The van der Waals surface area contributed by atoms with Crippen LogP contribution >= 0.6 is 0 Å². The topological polar surface area (TPSA) is 66.8 Å². The van der Waals surface area contributed by atoms with E-state index in [4.69, 9.17) is 4.74 Å². The minimum atomic E-state index is -1.05. The van der Waals surface area contributed by atoms with E-state index in [2.05, 4.69) is 0 Å². The summed E-state index contributed by atoms with van der Waals surface area (Å²) in [5.41, 5.74) is 1.48. The van der Waals surface area contributed by atoms with Gasteiger partial charge < -0.3 is 14.9 Å². The number of aliphatic hydroxyl groups is 1. The number of benzene rings is 1. The molecular formula is C13H18O4. The molecule has 0 aliphatic carbocycles. The maximum atomic E-state index is 11.2. The molecule has 4 nitrogen and oxygen atoms in total. The zero-order valence-corrected chi connectivity index (χ0v) is 10.3. The van der Waals surface area contributed by atoms with Crippen molar-refractivity contribution in [2.24, 2.45) is 0 Å². The fraction of sp³-hybridized carbons (Fsp3) is 0.462. The zero-order chi connectivity index (χ0) is 13.0. The number of ether oxygens (including phenoxy) is 1. The molecule has 0 bridgehead atoms. The Bertz CT molecular complexity index is 387. The molecule has 0 aliphatic heterocycles. The monoisotopic (exact) mass is 238 g/mol. The van der Waals surface area contributed by atoms with Crippen molar-refractivity contribution < 1.29 is 19.7 Å². The SMILES string of the molecule is Cc1ccccc1C(OC(C)C(C)O)C(=O)O. The van der Waals surface area contributed by atoms with Gasteiger partial charge in [-0.2, -0.15) is 0 Å². The van der Waals surface area contributed by atoms with Crippen LogP contribution in [0.1, 0.15) is 31.1 Å². The molecule has 0 fully saturated rings. The van der Waals surface area contributed by atoms with Crippen molar-refractivity contribution >= 4 is 5.97 Å². The first-order chi connectivity index (χ1) is 7.93. The summed E-state index contributed by atoms with van der Waals surface area (Å²) >= 11 is 0. The zero-order valence-electron chi connectivity index (χ0n) is 10.3. The molecule has 0 aromatic heterocycles. The molecule has 1 rings (SSSR count). The van der Waals surface area contributed by atoms with Gasteiger partial charge in [-0.1, -0.05) is 24.3 Å². The molecule has 0 spiro atoms. The average molecular weight is 238 g/mol. The van der Waals surface area contributed by atoms with Gasteiger partial charge in [-0.3, -0.25) is 0 Å². The second-order valence-electron chi connectivity index (χ2n) is 4.16. The first-order valence-corrected chi connectivity index (χ1v) is 5.55. The van der Waals surface area contributed by atoms with Gasteiger partial charge in [-0.25, -0.2) is 4.79 Å². The van der Waals surface area contributed by atoms with Crippen LogP contribution < -0.4 is 0 Å². The molecule has 3 unspecified atom stereocenters. The van der Waals surface area contributed by atoms with E-state index in [0.29, 0.717) is 5.56 Å². The van der Waals surface area contributed by atoms with E-state index in [1.807, 2.05) is 19.1 Å². The van der Waals surface area contributed by atoms with Crippen LogP contribution in [0.25, 0.3) is 0 Å². The van der Waals surface area contributed by atoms with E-state index < -0.39 is 24.3 Å². The van der Waals surface area contributed by atoms with Crippen molar-refractivity contribution in [2.45, 2.75) is 39.1 Å². The molecule has 1 aromatic rings. The Morgan fingerprint density at radius 1 is 1.29 bits per heavy atom. The molecule has 0 aliphatic rings. The first kappa shape index (κ1) is 13.7. The van der Waals surface area contributed by atoms with Crippen LogP contribution in [0.5, 0.6) is 0 Å². The fourth-order valence-corrected chi connectivity index (χ4v) is 1.47. The van der Waals surface area contributed by atoms with Crippen LogP contribution in [0.15, 0.2) is 24.3 Å². The predicted octanol–water partition coefficient (Wildman–Crippen LogP) is 1.91. The van der Waals surface area contributed by atoms with Gasteiger partial charge in [0.1, 0.15) is 0 Å². The Morgan fingerprint density at radius 2 is 1.88 bits per heavy atom. The number of aliphatic hydroxyl groups excluding tert-OH is 1. The summed E-state index contributed by atoms with van der Waals surface area (Å²) < 4.78 is 5.39. The highest BCUT2D eigenvalue weighted by Crippen LogP contribution is 2.23. The lowest BCUT2D eigenvalue weighted by molar-refractivity contribution is -0.158. The number of aryl methyl sites for hydroxylation is 1. The van der Waals surface area contributed by atoms with Crippen LogP contribution in [0.2, 0.25) is 0 Å². The highest BCUT2D eigenvalue weighted by Gasteiger charge is 2.25. The van der Waals surface area contributed by atoms with Gasteiger partial charge in [0, 0.05) is 0 Å². The third-order valence-electron chi connectivity index (χ3n) is 2.73. The van der Waals surface area contributed by atoms with Gasteiger partial charge in [0.05, 0.1) is 12.2 Å². The number of rotatable bonds is 5. The normalized spacial score (nSPS) is 16.2. The van der Waals surface area contributed by atoms with E-state index in [0.717, 1.165) is 5.56 Å². The van der Waals surface area contributed by atoms with E-state index >= 15 is 0 Å². The van der Waals surface area contributed by atoms with Gasteiger partial charge in [0.15, 0.2) is 6.10 Å². The summed E-state index contributed by atoms with van der Waals surface area (Å²) in [6.07, 6.45) is -2.28. The quantitative estimate of drug-likeness (QED) is 0.822. The molecule has 2 N–H and O–H groups in total. The van der Waals surface area contributed by atoms with Crippen molar-refractivity contribution in [1.82, 2.24) is 0 Å². The lowest BCUT2D eigenvalue weighted by Crippen LogP contribution is -2.28. The number of carboxylic acid groups (broad SMARTS) is 1. The van der Waals surface area contributed by atoms with E-state index in [1.54, 1.807) is 26.0 Å². The average Bonchev–Trinajstić information content (AvgIpc) is 2.26. The van der Waals surface area contributed by atoms with Crippen molar-refractivity contribution in [1.29, 1.82) is 0 Å². The van der Waals surface area contributed by atoms with Crippen LogP contribution in [0.4, 0.5) is 0 Å². The lowest BCUT2D eigenvalue weighted by Gasteiger charge is -2.22. The number of aliphatic carboxylic acids is 1. The lowest BCUT2D eigenvalue weighted by atomic mass is 10.0. The summed E-state index contributed by atoms with van der Waals surface area (Å²) in [6, 6.07) is 7.18. The molecule has 3 atom stereocenters. The highest BCUT2D eigenvalue weighted by molar-refractivity contribution is 5.75. The van der Waals surface area contributed by atoms with E-state index in [9.17, 15) is 15.0 Å². The van der Waals surface area contributed by atoms with Gasteiger partial charge in [0.2, 0.25) is 0 Å². The molecule has 0 radical (unpaired) electrons. The molecule has 0 saturated heterocycles. The molecular weight excluding hydrogens is 220 g/mol. The molecule has 0 amide bonds. The summed E-state index contributed by atoms with van der Waals surface area (Å²) in [7, 11) is 0. The maximum absolute atomic E-state index is 11.2. The van der Waals surface area contributed by atoms with Crippen LogP contribution in [0.3, 0.4) is 0 Å². The Labute approximate surface area is 101 Å². The summed E-state index contributed by atoms with van der Waals surface area (Å²) in [4.78, 5) is 11.2. The van der Waals surface area contributed by atoms with Crippen LogP contribution in [-0.2, 0) is 9.53 Å². The van der Waals surface area contributed by atoms with Crippen LogP contribution in [0, 0.1) is 6.92 Å².